The van der Waals surface area contributed by atoms with Crippen LogP contribution in [0, 0.1) is 0 Å². The van der Waals surface area contributed by atoms with Crippen LogP contribution in [-0.2, 0) is 24.8 Å². The van der Waals surface area contributed by atoms with Crippen LogP contribution in [0.5, 0.6) is 0 Å². The summed E-state index contributed by atoms with van der Waals surface area (Å²) < 4.78 is 7.30. The first-order valence-electron chi connectivity index (χ1n) is 8.53. The summed E-state index contributed by atoms with van der Waals surface area (Å²) in [5.41, 5.74) is 2.56. The number of hydrogen-bond acceptors (Lipinski definition) is 5. The first kappa shape index (κ1) is 17.3. The van der Waals surface area contributed by atoms with Crippen molar-refractivity contribution in [1.29, 1.82) is 0 Å². The zero-order valence-electron chi connectivity index (χ0n) is 15.2. The molecule has 0 fully saturated rings. The molecule has 2 heterocycles. The lowest BCUT2D eigenvalue weighted by Crippen LogP contribution is -2.31. The minimum absolute atomic E-state index is 0.425. The number of aryl methyl sites for hydroxylation is 1. The molecule has 0 bridgehead atoms. The van der Waals surface area contributed by atoms with Gasteiger partial charge in [-0.05, 0) is 51.3 Å². The quantitative estimate of drug-likeness (QED) is 0.927. The summed E-state index contributed by atoms with van der Waals surface area (Å²) in [6.07, 6.45) is 3.24. The molecule has 7 heteroatoms. The minimum Gasteiger partial charge on any atom is -0.444 e. The monoisotopic (exact) mass is 343 g/mol. The fraction of sp³-hybridized carbons (Fsp3) is 0.500. The second-order valence-electron chi connectivity index (χ2n) is 7.31. The summed E-state index contributed by atoms with van der Waals surface area (Å²) in [5, 5.41) is 11.0. The lowest BCUT2D eigenvalue weighted by Gasteiger charge is -2.32. The van der Waals surface area contributed by atoms with E-state index < -0.39 is 11.7 Å². The van der Waals surface area contributed by atoms with Crippen molar-refractivity contribution in [2.24, 2.45) is 7.05 Å². The molecule has 1 amide bonds. The molecule has 25 heavy (non-hydrogen) atoms. The molecule has 2 aromatic rings. The maximum atomic E-state index is 12.1. The fourth-order valence-corrected chi connectivity index (χ4v) is 3.02. The van der Waals surface area contributed by atoms with E-state index in [4.69, 9.17) is 4.74 Å². The number of benzene rings is 1. The van der Waals surface area contributed by atoms with Crippen LogP contribution in [0.2, 0.25) is 0 Å². The SMILES string of the molecule is Cn1cnnc1CN1CCCc2c(NC(=O)OC(C)(C)C)cccc21. The number of fused-ring (bicyclic) bond motifs is 1. The van der Waals surface area contributed by atoms with Crippen LogP contribution in [0.15, 0.2) is 24.5 Å². The Morgan fingerprint density at radius 3 is 2.84 bits per heavy atom. The van der Waals surface area contributed by atoms with Crippen molar-refractivity contribution >= 4 is 17.5 Å². The molecule has 0 radical (unpaired) electrons. The van der Waals surface area contributed by atoms with Crippen LogP contribution in [0.3, 0.4) is 0 Å². The molecule has 1 aliphatic heterocycles. The van der Waals surface area contributed by atoms with Crippen molar-refractivity contribution in [2.75, 3.05) is 16.8 Å². The summed E-state index contributed by atoms with van der Waals surface area (Å²) in [4.78, 5) is 14.4. The summed E-state index contributed by atoms with van der Waals surface area (Å²) >= 11 is 0. The number of aromatic nitrogens is 3. The highest BCUT2D eigenvalue weighted by atomic mass is 16.6. The van der Waals surface area contributed by atoms with E-state index in [1.54, 1.807) is 6.33 Å². The van der Waals surface area contributed by atoms with Gasteiger partial charge in [0.1, 0.15) is 11.9 Å². The molecular weight excluding hydrogens is 318 g/mol. The minimum atomic E-state index is -0.518. The van der Waals surface area contributed by atoms with Crippen LogP contribution < -0.4 is 10.2 Å². The summed E-state index contributed by atoms with van der Waals surface area (Å²) in [5.74, 6) is 0.915. The summed E-state index contributed by atoms with van der Waals surface area (Å²) in [6, 6.07) is 5.97. The molecule has 1 aromatic carbocycles. The van der Waals surface area contributed by atoms with Gasteiger partial charge < -0.3 is 14.2 Å². The molecule has 1 aliphatic rings. The molecule has 0 aliphatic carbocycles. The van der Waals surface area contributed by atoms with E-state index in [0.717, 1.165) is 42.1 Å². The number of nitrogens with zero attached hydrogens (tertiary/aromatic N) is 4. The number of hydrogen-bond donors (Lipinski definition) is 1. The van der Waals surface area contributed by atoms with Gasteiger partial charge in [-0.15, -0.1) is 10.2 Å². The van der Waals surface area contributed by atoms with E-state index >= 15 is 0 Å². The molecular formula is C18H25N5O2. The average Bonchev–Trinajstić information content (AvgIpc) is 2.91. The first-order chi connectivity index (χ1) is 11.8. The van der Waals surface area contributed by atoms with Crippen LogP contribution in [0.25, 0.3) is 0 Å². The van der Waals surface area contributed by atoms with Gasteiger partial charge in [0.25, 0.3) is 0 Å². The predicted molar refractivity (Wildman–Crippen MR) is 96.7 cm³/mol. The Balaban J connectivity index is 1.81. The third kappa shape index (κ3) is 4.10. The van der Waals surface area contributed by atoms with E-state index in [1.807, 2.05) is 44.5 Å². The smallest absolute Gasteiger partial charge is 0.412 e. The molecule has 134 valence electrons. The summed E-state index contributed by atoms with van der Waals surface area (Å²) in [6.45, 7) is 7.22. The highest BCUT2D eigenvalue weighted by Gasteiger charge is 2.23. The highest BCUT2D eigenvalue weighted by Crippen LogP contribution is 2.33. The lowest BCUT2D eigenvalue weighted by molar-refractivity contribution is 0.0636. The zero-order valence-corrected chi connectivity index (χ0v) is 15.2. The number of carbonyl (C=O) groups is 1. The van der Waals surface area contributed by atoms with Gasteiger partial charge in [0, 0.05) is 25.0 Å². The fourth-order valence-electron chi connectivity index (χ4n) is 3.02. The van der Waals surface area contributed by atoms with Crippen molar-refractivity contribution in [3.05, 3.63) is 35.9 Å². The number of anilines is 2. The van der Waals surface area contributed by atoms with E-state index in [1.165, 1.54) is 0 Å². The van der Waals surface area contributed by atoms with Crippen molar-refractivity contribution in [2.45, 2.75) is 45.8 Å². The van der Waals surface area contributed by atoms with Gasteiger partial charge in [0.15, 0.2) is 5.82 Å². The average molecular weight is 343 g/mol. The van der Waals surface area contributed by atoms with Crippen LogP contribution in [-0.4, -0.2) is 33.0 Å². The van der Waals surface area contributed by atoms with E-state index in [9.17, 15) is 4.79 Å². The molecule has 1 aromatic heterocycles. The van der Waals surface area contributed by atoms with Gasteiger partial charge >= 0.3 is 6.09 Å². The predicted octanol–water partition coefficient (Wildman–Crippen LogP) is 3.11. The van der Waals surface area contributed by atoms with Crippen LogP contribution in [0.1, 0.15) is 38.6 Å². The molecule has 3 rings (SSSR count). The highest BCUT2D eigenvalue weighted by molar-refractivity contribution is 5.87. The van der Waals surface area contributed by atoms with Crippen molar-refractivity contribution in [3.63, 3.8) is 0 Å². The van der Waals surface area contributed by atoms with Gasteiger partial charge in [0.2, 0.25) is 0 Å². The summed E-state index contributed by atoms with van der Waals surface area (Å²) in [7, 11) is 1.95. The standard InChI is InChI=1S/C18H25N5O2/c1-18(2,3)25-17(24)20-14-8-5-9-15-13(14)7-6-10-23(15)11-16-21-19-12-22(16)4/h5,8-9,12H,6-7,10-11H2,1-4H3,(H,20,24). The second kappa shape index (κ2) is 6.74. The molecule has 1 N–H and O–H groups in total. The zero-order chi connectivity index (χ0) is 18.0. The first-order valence-corrected chi connectivity index (χ1v) is 8.53. The van der Waals surface area contributed by atoms with Crippen molar-refractivity contribution in [1.82, 2.24) is 14.8 Å². The topological polar surface area (TPSA) is 72.3 Å². The Morgan fingerprint density at radius 2 is 2.16 bits per heavy atom. The van der Waals surface area contributed by atoms with Crippen molar-refractivity contribution < 1.29 is 9.53 Å². The Morgan fingerprint density at radius 1 is 1.36 bits per heavy atom. The molecule has 0 unspecified atom stereocenters. The largest absolute Gasteiger partial charge is 0.444 e. The normalized spacial score (nSPS) is 14.2. The molecule has 0 saturated heterocycles. The number of nitrogens with one attached hydrogen (secondary N) is 1. The van der Waals surface area contributed by atoms with Crippen LogP contribution >= 0.6 is 0 Å². The second-order valence-corrected chi connectivity index (χ2v) is 7.31. The van der Waals surface area contributed by atoms with E-state index in [2.05, 4.69) is 26.5 Å². The molecule has 7 nitrogen and oxygen atoms in total. The Labute approximate surface area is 148 Å². The number of carbonyl (C=O) groups excluding carboxylic acids is 1. The maximum Gasteiger partial charge on any atom is 0.412 e. The third-order valence-electron chi connectivity index (χ3n) is 4.12. The van der Waals surface area contributed by atoms with Gasteiger partial charge in [-0.25, -0.2) is 4.79 Å². The van der Waals surface area contributed by atoms with E-state index in [-0.39, 0.29) is 0 Å². The molecule has 0 atom stereocenters. The number of rotatable bonds is 3. The maximum absolute atomic E-state index is 12.1. The van der Waals surface area contributed by atoms with Gasteiger partial charge in [-0.3, -0.25) is 5.32 Å². The lowest BCUT2D eigenvalue weighted by atomic mass is 9.99. The molecule has 0 saturated carbocycles. The Kier molecular flexibility index (Phi) is 4.65. The Hall–Kier alpha value is -2.57. The number of amides is 1. The van der Waals surface area contributed by atoms with Gasteiger partial charge in [-0.2, -0.15) is 0 Å². The van der Waals surface area contributed by atoms with E-state index in [0.29, 0.717) is 6.54 Å². The molecule has 0 spiro atoms. The van der Waals surface area contributed by atoms with Crippen molar-refractivity contribution in [3.8, 4) is 0 Å². The van der Waals surface area contributed by atoms with Crippen LogP contribution in [0.4, 0.5) is 16.2 Å². The van der Waals surface area contributed by atoms with Gasteiger partial charge in [-0.1, -0.05) is 6.07 Å². The third-order valence-corrected chi connectivity index (χ3v) is 4.12. The Bertz CT molecular complexity index is 763. The van der Waals surface area contributed by atoms with Gasteiger partial charge in [0.05, 0.1) is 6.54 Å². The number of ether oxygens (including phenoxy) is 1.